The molecular weight excluding hydrogens is 292 g/mol. The topological polar surface area (TPSA) is 57.2 Å². The van der Waals surface area contributed by atoms with Crippen molar-refractivity contribution in [3.05, 3.63) is 22.2 Å². The zero-order valence-electron chi connectivity index (χ0n) is 9.73. The lowest BCUT2D eigenvalue weighted by molar-refractivity contribution is 0.0321. The smallest absolute Gasteiger partial charge is 0.188 e. The number of rotatable bonds is 7. The fraction of sp³-hybridized carbons (Fsp3) is 0.455. The van der Waals surface area contributed by atoms with Crippen LogP contribution in [0.5, 0.6) is 11.5 Å². The van der Waals surface area contributed by atoms with Gasteiger partial charge in [0.2, 0.25) is 0 Å². The quantitative estimate of drug-likeness (QED) is 0.780. The Bertz CT molecular complexity index is 356. The van der Waals surface area contributed by atoms with E-state index in [1.54, 1.807) is 12.1 Å². The van der Waals surface area contributed by atoms with Crippen LogP contribution < -0.4 is 9.47 Å². The molecule has 1 aromatic rings. The van der Waals surface area contributed by atoms with Gasteiger partial charge in [-0.1, -0.05) is 15.9 Å². The van der Waals surface area contributed by atoms with Crippen molar-refractivity contribution in [3.63, 3.8) is 0 Å². The molecule has 0 saturated heterocycles. The normalized spacial score (nSPS) is 10.4. The van der Waals surface area contributed by atoms with Crippen LogP contribution in [-0.4, -0.2) is 32.9 Å². The zero-order chi connectivity index (χ0) is 12.7. The lowest BCUT2D eigenvalue weighted by atomic mass is 10.2. The summed E-state index contributed by atoms with van der Waals surface area (Å²) in [6.07, 6.45) is 0. The Morgan fingerprint density at radius 3 is 2.06 bits per heavy atom. The first-order valence-electron chi connectivity index (χ1n) is 4.89. The van der Waals surface area contributed by atoms with Crippen molar-refractivity contribution < 1.29 is 24.1 Å². The molecule has 0 aromatic heterocycles. The van der Waals surface area contributed by atoms with Gasteiger partial charge in [-0.05, 0) is 17.7 Å². The fourth-order valence-corrected chi connectivity index (χ4v) is 1.62. The number of benzene rings is 1. The Balaban J connectivity index is 2.93. The molecule has 0 amide bonds. The molecule has 96 valence electrons. The van der Waals surface area contributed by atoms with Gasteiger partial charge in [-0.25, -0.2) is 0 Å². The molecule has 0 heterocycles. The van der Waals surface area contributed by atoms with Gasteiger partial charge in [-0.3, -0.25) is 0 Å². The first-order chi connectivity index (χ1) is 8.22. The van der Waals surface area contributed by atoms with E-state index in [4.69, 9.17) is 24.1 Å². The van der Waals surface area contributed by atoms with Crippen molar-refractivity contribution in [1.82, 2.24) is 0 Å². The van der Waals surface area contributed by atoms with Gasteiger partial charge in [0, 0.05) is 18.7 Å². The van der Waals surface area contributed by atoms with Gasteiger partial charge in [0.15, 0.2) is 25.1 Å². The summed E-state index contributed by atoms with van der Waals surface area (Å²) in [5, 5.41) is 9.15. The number of methoxy groups -OCH3 is 2. The molecule has 5 nitrogen and oxygen atoms in total. The Kier molecular flexibility index (Phi) is 6.28. The van der Waals surface area contributed by atoms with Crippen molar-refractivity contribution >= 4 is 15.9 Å². The number of aliphatic hydroxyl groups is 1. The molecule has 0 aliphatic rings. The van der Waals surface area contributed by atoms with Crippen molar-refractivity contribution in [2.75, 3.05) is 27.8 Å². The molecule has 0 bridgehead atoms. The van der Waals surface area contributed by atoms with Gasteiger partial charge in [-0.15, -0.1) is 0 Å². The van der Waals surface area contributed by atoms with E-state index < -0.39 is 0 Å². The summed E-state index contributed by atoms with van der Waals surface area (Å²) in [4.78, 5) is 0. The van der Waals surface area contributed by atoms with Crippen LogP contribution in [0.2, 0.25) is 0 Å². The molecule has 1 N–H and O–H groups in total. The van der Waals surface area contributed by atoms with Gasteiger partial charge >= 0.3 is 0 Å². The van der Waals surface area contributed by atoms with Gasteiger partial charge in [-0.2, -0.15) is 0 Å². The third kappa shape index (κ3) is 4.16. The second-order valence-corrected chi connectivity index (χ2v) is 4.00. The lowest BCUT2D eigenvalue weighted by Crippen LogP contribution is -2.05. The summed E-state index contributed by atoms with van der Waals surface area (Å²) in [5.74, 6) is 1.02. The van der Waals surface area contributed by atoms with Crippen molar-refractivity contribution in [2.45, 2.75) is 6.61 Å². The number of ether oxygens (including phenoxy) is 4. The van der Waals surface area contributed by atoms with E-state index in [1.807, 2.05) is 0 Å². The van der Waals surface area contributed by atoms with Crippen LogP contribution in [0.4, 0.5) is 0 Å². The van der Waals surface area contributed by atoms with E-state index in [9.17, 15) is 0 Å². The molecule has 6 heteroatoms. The molecule has 0 fully saturated rings. The maximum Gasteiger partial charge on any atom is 0.188 e. The third-order valence-corrected chi connectivity index (χ3v) is 2.69. The number of hydrogen-bond donors (Lipinski definition) is 1. The molecule has 0 radical (unpaired) electrons. The average molecular weight is 307 g/mol. The lowest BCUT2D eigenvalue weighted by Gasteiger charge is -2.14. The van der Waals surface area contributed by atoms with E-state index in [-0.39, 0.29) is 20.2 Å². The number of halogens is 1. The van der Waals surface area contributed by atoms with Gasteiger partial charge < -0.3 is 24.1 Å². The predicted octanol–water partition coefficient (Wildman–Crippen LogP) is 1.91. The van der Waals surface area contributed by atoms with Gasteiger partial charge in [0.1, 0.15) is 0 Å². The summed E-state index contributed by atoms with van der Waals surface area (Å²) >= 11 is 3.33. The van der Waals surface area contributed by atoms with Crippen LogP contribution >= 0.6 is 15.9 Å². The largest absolute Gasteiger partial charge is 0.464 e. The van der Waals surface area contributed by atoms with Crippen LogP contribution in [0.15, 0.2) is 16.6 Å². The van der Waals surface area contributed by atoms with Crippen LogP contribution in [0.1, 0.15) is 5.56 Å². The first kappa shape index (κ1) is 14.2. The summed E-state index contributed by atoms with van der Waals surface area (Å²) in [6.45, 7) is 0.137. The van der Waals surface area contributed by atoms with Crippen molar-refractivity contribution in [3.8, 4) is 11.5 Å². The maximum atomic E-state index is 9.15. The standard InChI is InChI=1S/C11H15BrO5/c1-14-6-16-10-3-8(5-13)9(12)4-11(10)17-7-15-2/h3-4,13H,5-7H2,1-2H3. The molecule has 1 aromatic carbocycles. The Hall–Kier alpha value is -0.820. The predicted molar refractivity (Wildman–Crippen MR) is 65.1 cm³/mol. The van der Waals surface area contributed by atoms with E-state index in [0.717, 1.165) is 4.47 Å². The van der Waals surface area contributed by atoms with E-state index in [0.29, 0.717) is 17.1 Å². The molecule has 0 spiro atoms. The highest BCUT2D eigenvalue weighted by atomic mass is 79.9. The molecule has 17 heavy (non-hydrogen) atoms. The highest BCUT2D eigenvalue weighted by Gasteiger charge is 2.10. The first-order valence-corrected chi connectivity index (χ1v) is 5.69. The molecule has 1 rings (SSSR count). The highest BCUT2D eigenvalue weighted by molar-refractivity contribution is 9.10. The molecule has 0 saturated carbocycles. The SMILES string of the molecule is COCOc1cc(Br)c(CO)cc1OCOC. The second kappa shape index (κ2) is 7.50. The summed E-state index contributed by atoms with van der Waals surface area (Å²) < 4.78 is 21.1. The van der Waals surface area contributed by atoms with Crippen LogP contribution in [0, 0.1) is 0 Å². The molecular formula is C11H15BrO5. The minimum atomic E-state index is -0.0888. The van der Waals surface area contributed by atoms with Gasteiger partial charge in [0.05, 0.1) is 6.61 Å². The van der Waals surface area contributed by atoms with Gasteiger partial charge in [0.25, 0.3) is 0 Å². The molecule has 0 atom stereocenters. The van der Waals surface area contributed by atoms with Crippen LogP contribution in [0.3, 0.4) is 0 Å². The van der Waals surface area contributed by atoms with E-state index >= 15 is 0 Å². The Morgan fingerprint density at radius 1 is 1.06 bits per heavy atom. The molecule has 0 unspecified atom stereocenters. The van der Waals surface area contributed by atoms with E-state index in [1.165, 1.54) is 14.2 Å². The number of aliphatic hydroxyl groups excluding tert-OH is 1. The van der Waals surface area contributed by atoms with Crippen LogP contribution in [-0.2, 0) is 16.1 Å². The molecule has 0 aliphatic carbocycles. The Labute approximate surface area is 108 Å². The monoisotopic (exact) mass is 306 g/mol. The minimum absolute atomic E-state index is 0.0888. The Morgan fingerprint density at radius 2 is 1.59 bits per heavy atom. The average Bonchev–Trinajstić information content (AvgIpc) is 2.34. The zero-order valence-corrected chi connectivity index (χ0v) is 11.3. The molecule has 0 aliphatic heterocycles. The second-order valence-electron chi connectivity index (χ2n) is 3.15. The van der Waals surface area contributed by atoms with Crippen molar-refractivity contribution in [2.24, 2.45) is 0 Å². The van der Waals surface area contributed by atoms with E-state index in [2.05, 4.69) is 15.9 Å². The summed E-state index contributed by atoms with van der Waals surface area (Å²) in [6, 6.07) is 3.41. The van der Waals surface area contributed by atoms with Crippen LogP contribution in [0.25, 0.3) is 0 Å². The fourth-order valence-electron chi connectivity index (χ4n) is 1.17. The van der Waals surface area contributed by atoms with Crippen molar-refractivity contribution in [1.29, 1.82) is 0 Å². The number of hydrogen-bond acceptors (Lipinski definition) is 5. The summed E-state index contributed by atoms with van der Waals surface area (Å²) in [5.41, 5.74) is 0.709. The maximum absolute atomic E-state index is 9.15. The summed E-state index contributed by atoms with van der Waals surface area (Å²) in [7, 11) is 3.06. The third-order valence-electron chi connectivity index (χ3n) is 1.95. The minimum Gasteiger partial charge on any atom is -0.464 e. The highest BCUT2D eigenvalue weighted by Crippen LogP contribution is 2.33.